The van der Waals surface area contributed by atoms with Gasteiger partial charge in [-0.1, -0.05) is 18.2 Å². The van der Waals surface area contributed by atoms with Gasteiger partial charge in [0.2, 0.25) is 0 Å². The van der Waals surface area contributed by atoms with Crippen LogP contribution in [0.5, 0.6) is 5.75 Å². The molecular weight excluding hydrogens is 224 g/mol. The van der Waals surface area contributed by atoms with E-state index in [1.54, 1.807) is 7.11 Å². The van der Waals surface area contributed by atoms with E-state index >= 15 is 0 Å². The SMILES string of the molecule is COc1ccccc1CC(=O)c1cnsn1. The van der Waals surface area contributed by atoms with Gasteiger partial charge in [0.15, 0.2) is 5.78 Å². The molecule has 4 nitrogen and oxygen atoms in total. The first kappa shape index (κ1) is 10.8. The highest BCUT2D eigenvalue weighted by atomic mass is 32.1. The molecule has 0 radical (unpaired) electrons. The number of benzene rings is 1. The van der Waals surface area contributed by atoms with Gasteiger partial charge in [-0.3, -0.25) is 4.79 Å². The Balaban J connectivity index is 2.18. The predicted octanol–water partition coefficient (Wildman–Crippen LogP) is 1.97. The molecule has 0 amide bonds. The topological polar surface area (TPSA) is 52.1 Å². The van der Waals surface area contributed by atoms with Crippen LogP contribution in [0.1, 0.15) is 16.1 Å². The monoisotopic (exact) mass is 234 g/mol. The second kappa shape index (κ2) is 4.85. The molecule has 0 N–H and O–H groups in total. The largest absolute Gasteiger partial charge is 0.496 e. The molecule has 1 aromatic carbocycles. The van der Waals surface area contributed by atoms with E-state index < -0.39 is 0 Å². The number of ether oxygens (including phenoxy) is 1. The Hall–Kier alpha value is -1.75. The first-order chi connectivity index (χ1) is 7.81. The smallest absolute Gasteiger partial charge is 0.188 e. The van der Waals surface area contributed by atoms with Gasteiger partial charge in [0.25, 0.3) is 0 Å². The van der Waals surface area contributed by atoms with Crippen molar-refractivity contribution in [2.75, 3.05) is 7.11 Å². The summed E-state index contributed by atoms with van der Waals surface area (Å²) >= 11 is 1.04. The summed E-state index contributed by atoms with van der Waals surface area (Å²) in [5.41, 5.74) is 1.28. The Morgan fingerprint density at radius 1 is 1.44 bits per heavy atom. The van der Waals surface area contributed by atoms with Crippen LogP contribution in [0, 0.1) is 0 Å². The first-order valence-corrected chi connectivity index (χ1v) is 5.47. The summed E-state index contributed by atoms with van der Waals surface area (Å²) in [5.74, 6) is 0.678. The van der Waals surface area contributed by atoms with E-state index in [1.165, 1.54) is 6.20 Å². The molecule has 0 aliphatic carbocycles. The fraction of sp³-hybridized carbons (Fsp3) is 0.182. The van der Waals surface area contributed by atoms with E-state index in [-0.39, 0.29) is 12.2 Å². The minimum Gasteiger partial charge on any atom is -0.496 e. The van der Waals surface area contributed by atoms with E-state index in [0.717, 1.165) is 23.0 Å². The number of rotatable bonds is 4. The molecule has 0 aliphatic rings. The van der Waals surface area contributed by atoms with Crippen molar-refractivity contribution in [2.24, 2.45) is 0 Å². The van der Waals surface area contributed by atoms with Gasteiger partial charge in [0.1, 0.15) is 11.4 Å². The third-order valence-electron chi connectivity index (χ3n) is 2.19. The molecule has 0 bridgehead atoms. The summed E-state index contributed by atoms with van der Waals surface area (Å²) in [6, 6.07) is 7.46. The van der Waals surface area contributed by atoms with Crippen molar-refractivity contribution in [3.8, 4) is 5.75 Å². The molecule has 2 rings (SSSR count). The van der Waals surface area contributed by atoms with Gasteiger partial charge in [0, 0.05) is 12.0 Å². The number of Topliss-reactive ketones (excluding diaryl/α,β-unsaturated/α-hetero) is 1. The average Bonchev–Trinajstić information content (AvgIpc) is 2.83. The van der Waals surface area contributed by atoms with Crippen LogP contribution in [0.25, 0.3) is 0 Å². The summed E-state index contributed by atoms with van der Waals surface area (Å²) < 4.78 is 12.9. The van der Waals surface area contributed by atoms with Crippen LogP contribution in [0.2, 0.25) is 0 Å². The lowest BCUT2D eigenvalue weighted by Gasteiger charge is -2.05. The summed E-state index contributed by atoms with van der Waals surface area (Å²) in [6.45, 7) is 0. The number of para-hydroxylation sites is 1. The molecule has 2 aromatic rings. The summed E-state index contributed by atoms with van der Waals surface area (Å²) in [6.07, 6.45) is 1.78. The molecular formula is C11H10N2O2S. The number of carbonyl (C=O) groups excluding carboxylic acids is 1. The molecule has 0 atom stereocenters. The lowest BCUT2D eigenvalue weighted by Crippen LogP contribution is -2.05. The van der Waals surface area contributed by atoms with Crippen molar-refractivity contribution in [3.63, 3.8) is 0 Å². The van der Waals surface area contributed by atoms with E-state index in [2.05, 4.69) is 8.75 Å². The molecule has 0 saturated heterocycles. The quantitative estimate of drug-likeness (QED) is 0.759. The first-order valence-electron chi connectivity index (χ1n) is 4.74. The maximum absolute atomic E-state index is 11.8. The van der Waals surface area contributed by atoms with Gasteiger partial charge >= 0.3 is 0 Å². The number of nitrogens with zero attached hydrogens (tertiary/aromatic N) is 2. The van der Waals surface area contributed by atoms with Crippen molar-refractivity contribution < 1.29 is 9.53 Å². The van der Waals surface area contributed by atoms with Crippen molar-refractivity contribution in [2.45, 2.75) is 6.42 Å². The summed E-state index contributed by atoms with van der Waals surface area (Å²) in [4.78, 5) is 11.8. The number of hydrogen-bond donors (Lipinski definition) is 0. The fourth-order valence-corrected chi connectivity index (χ4v) is 1.83. The van der Waals surface area contributed by atoms with Crippen molar-refractivity contribution in [1.82, 2.24) is 8.75 Å². The highest BCUT2D eigenvalue weighted by molar-refractivity contribution is 6.99. The second-order valence-corrected chi connectivity index (χ2v) is 3.76. The molecule has 0 spiro atoms. The molecule has 82 valence electrons. The van der Waals surface area contributed by atoms with Gasteiger partial charge in [-0.05, 0) is 6.07 Å². The minimum absolute atomic E-state index is 0.0433. The summed E-state index contributed by atoms with van der Waals surface area (Å²) in [5, 5.41) is 0. The molecule has 1 heterocycles. The second-order valence-electron chi connectivity index (χ2n) is 3.20. The van der Waals surface area contributed by atoms with Crippen LogP contribution >= 0.6 is 11.7 Å². The molecule has 0 unspecified atom stereocenters. The highest BCUT2D eigenvalue weighted by Crippen LogP contribution is 2.19. The van der Waals surface area contributed by atoms with Gasteiger partial charge in [-0.25, -0.2) is 0 Å². The van der Waals surface area contributed by atoms with E-state index in [1.807, 2.05) is 24.3 Å². The van der Waals surface area contributed by atoms with Crippen molar-refractivity contribution >= 4 is 17.5 Å². The standard InChI is InChI=1S/C11H10N2O2S/c1-15-11-5-3-2-4-8(11)6-10(14)9-7-12-16-13-9/h2-5,7H,6H2,1H3. The van der Waals surface area contributed by atoms with Crippen molar-refractivity contribution in [1.29, 1.82) is 0 Å². The van der Waals surface area contributed by atoms with E-state index in [4.69, 9.17) is 4.74 Å². The summed E-state index contributed by atoms with van der Waals surface area (Å²) in [7, 11) is 1.59. The number of carbonyl (C=O) groups is 1. The average molecular weight is 234 g/mol. The Labute approximate surface area is 97.2 Å². The molecule has 16 heavy (non-hydrogen) atoms. The third kappa shape index (κ3) is 2.25. The highest BCUT2D eigenvalue weighted by Gasteiger charge is 2.12. The fourth-order valence-electron chi connectivity index (χ4n) is 1.40. The van der Waals surface area contributed by atoms with E-state index in [9.17, 15) is 4.79 Å². The number of ketones is 1. The normalized spacial score (nSPS) is 10.1. The molecule has 0 saturated carbocycles. The Kier molecular flexibility index (Phi) is 3.26. The third-order valence-corrected chi connectivity index (χ3v) is 2.67. The van der Waals surface area contributed by atoms with Crippen LogP contribution < -0.4 is 4.74 Å². The van der Waals surface area contributed by atoms with Gasteiger partial charge in [0.05, 0.1) is 25.0 Å². The predicted molar refractivity (Wildman–Crippen MR) is 60.9 cm³/mol. The van der Waals surface area contributed by atoms with Crippen molar-refractivity contribution in [3.05, 3.63) is 41.7 Å². The molecule has 5 heteroatoms. The Morgan fingerprint density at radius 3 is 2.94 bits per heavy atom. The lowest BCUT2D eigenvalue weighted by atomic mass is 10.1. The van der Waals surface area contributed by atoms with E-state index in [0.29, 0.717) is 5.69 Å². The van der Waals surface area contributed by atoms with Gasteiger partial charge < -0.3 is 4.74 Å². The van der Waals surface area contributed by atoms with Crippen LogP contribution in [-0.2, 0) is 6.42 Å². The van der Waals surface area contributed by atoms with Gasteiger partial charge in [-0.2, -0.15) is 8.75 Å². The Bertz CT molecular complexity index is 482. The van der Waals surface area contributed by atoms with Gasteiger partial charge in [-0.15, -0.1) is 0 Å². The van der Waals surface area contributed by atoms with Crippen LogP contribution in [0.4, 0.5) is 0 Å². The Morgan fingerprint density at radius 2 is 2.25 bits per heavy atom. The maximum atomic E-state index is 11.8. The number of aromatic nitrogens is 2. The number of hydrogen-bond acceptors (Lipinski definition) is 5. The molecule has 0 fully saturated rings. The molecule has 1 aromatic heterocycles. The van der Waals surface area contributed by atoms with Crippen LogP contribution in [0.15, 0.2) is 30.5 Å². The molecule has 0 aliphatic heterocycles. The van der Waals surface area contributed by atoms with Crippen LogP contribution in [-0.4, -0.2) is 21.6 Å². The maximum Gasteiger partial charge on any atom is 0.188 e. The van der Waals surface area contributed by atoms with Crippen LogP contribution in [0.3, 0.4) is 0 Å². The minimum atomic E-state index is -0.0433. The zero-order chi connectivity index (χ0) is 11.4. The lowest BCUT2D eigenvalue weighted by molar-refractivity contribution is 0.0988. The number of methoxy groups -OCH3 is 1. The zero-order valence-corrected chi connectivity index (χ0v) is 9.53. The zero-order valence-electron chi connectivity index (χ0n) is 8.71.